The van der Waals surface area contributed by atoms with Crippen molar-refractivity contribution in [3.63, 3.8) is 0 Å². The zero-order valence-corrected chi connectivity index (χ0v) is 14.3. The Hall–Kier alpha value is -1.58. The molecule has 0 saturated carbocycles. The fourth-order valence-electron chi connectivity index (χ4n) is 2.85. The van der Waals surface area contributed by atoms with Gasteiger partial charge in [0, 0.05) is 11.8 Å². The van der Waals surface area contributed by atoms with E-state index in [-0.39, 0.29) is 5.91 Å². The summed E-state index contributed by atoms with van der Waals surface area (Å²) in [5, 5.41) is 15.4. The second kappa shape index (κ2) is 5.25. The minimum Gasteiger partial charge on any atom is -0.317 e. The smallest absolute Gasteiger partial charge is 0.234 e. The van der Waals surface area contributed by atoms with Gasteiger partial charge in [-0.25, -0.2) is 4.52 Å². The lowest BCUT2D eigenvalue weighted by Gasteiger charge is -2.11. The lowest BCUT2D eigenvalue weighted by Crippen LogP contribution is -2.07. The average molecular weight is 351 g/mol. The summed E-state index contributed by atoms with van der Waals surface area (Å²) in [4.78, 5) is 13.6. The van der Waals surface area contributed by atoms with Gasteiger partial charge >= 0.3 is 0 Å². The number of thiophene rings is 1. The van der Waals surface area contributed by atoms with Gasteiger partial charge in [0.1, 0.15) is 5.00 Å². The zero-order chi connectivity index (χ0) is 15.3. The van der Waals surface area contributed by atoms with Crippen LogP contribution in [0.5, 0.6) is 0 Å². The van der Waals surface area contributed by atoms with Gasteiger partial charge in [0.05, 0.1) is 5.56 Å². The number of anilines is 1. The first kappa shape index (κ1) is 14.0. The topological polar surface area (TPSA) is 75.1 Å². The monoisotopic (exact) mass is 351 g/mol. The van der Waals surface area contributed by atoms with E-state index in [1.54, 1.807) is 11.3 Å². The molecule has 1 amide bonds. The Bertz CT molecular complexity index is 931. The molecule has 0 fully saturated rings. The number of carbonyl (C=O) groups excluding carboxylic acids is 1. The third-order valence-corrected chi connectivity index (χ3v) is 5.98. The molecule has 2 N–H and O–H groups in total. The van der Waals surface area contributed by atoms with Crippen molar-refractivity contribution in [3.8, 4) is 11.4 Å². The molecule has 4 rings (SSSR count). The maximum atomic E-state index is 11.5. The summed E-state index contributed by atoms with van der Waals surface area (Å²) in [5.74, 6) is 0.657. The van der Waals surface area contributed by atoms with Crippen molar-refractivity contribution in [2.75, 3.05) is 5.32 Å². The van der Waals surface area contributed by atoms with Crippen LogP contribution in [0.25, 0.3) is 16.3 Å². The van der Waals surface area contributed by atoms with E-state index in [2.05, 4.69) is 20.6 Å². The molecule has 6 nitrogen and oxygen atoms in total. The number of carbonyl (C=O) groups is 1. The van der Waals surface area contributed by atoms with Gasteiger partial charge < -0.3 is 5.32 Å². The molecule has 3 aromatic rings. The van der Waals surface area contributed by atoms with E-state index in [0.29, 0.717) is 3.95 Å². The van der Waals surface area contributed by atoms with Crippen LogP contribution in [0.15, 0.2) is 0 Å². The predicted octanol–water partition coefficient (Wildman–Crippen LogP) is 3.41. The number of hydrogen-bond acceptors (Lipinski definition) is 6. The van der Waals surface area contributed by atoms with Crippen LogP contribution in [0.4, 0.5) is 5.00 Å². The number of hydrogen-bond donors (Lipinski definition) is 2. The minimum absolute atomic E-state index is 0.0705. The average Bonchev–Trinajstić information content (AvgIpc) is 3.10. The molecule has 22 heavy (non-hydrogen) atoms. The Morgan fingerprint density at radius 1 is 1.32 bits per heavy atom. The number of rotatable bonds is 2. The lowest BCUT2D eigenvalue weighted by atomic mass is 9.95. The Morgan fingerprint density at radius 3 is 2.95 bits per heavy atom. The third kappa shape index (κ3) is 2.20. The summed E-state index contributed by atoms with van der Waals surface area (Å²) in [7, 11) is 0. The van der Waals surface area contributed by atoms with Gasteiger partial charge in [0.2, 0.25) is 10.9 Å². The molecule has 0 saturated heterocycles. The van der Waals surface area contributed by atoms with Crippen molar-refractivity contribution < 1.29 is 4.79 Å². The van der Waals surface area contributed by atoms with Crippen LogP contribution in [0.2, 0.25) is 0 Å². The summed E-state index contributed by atoms with van der Waals surface area (Å²) in [6.45, 7) is 1.53. The zero-order valence-electron chi connectivity index (χ0n) is 11.8. The van der Waals surface area contributed by atoms with Gasteiger partial charge in [0.25, 0.3) is 0 Å². The van der Waals surface area contributed by atoms with Crippen LogP contribution in [0, 0.1) is 3.95 Å². The number of aromatic nitrogens is 4. The van der Waals surface area contributed by atoms with E-state index in [1.807, 2.05) is 4.52 Å². The molecule has 3 aromatic heterocycles. The fourth-order valence-corrected chi connectivity index (χ4v) is 5.10. The molecule has 3 heterocycles. The number of nitrogens with zero attached hydrogens (tertiary/aromatic N) is 3. The van der Waals surface area contributed by atoms with Crippen LogP contribution in [0.1, 0.15) is 30.2 Å². The maximum Gasteiger partial charge on any atom is 0.234 e. The second-order valence-electron chi connectivity index (χ2n) is 5.24. The molecule has 0 unspecified atom stereocenters. The first-order valence-electron chi connectivity index (χ1n) is 7.00. The molecule has 1 aliphatic carbocycles. The van der Waals surface area contributed by atoms with Gasteiger partial charge in [-0.15, -0.1) is 21.5 Å². The van der Waals surface area contributed by atoms with E-state index >= 15 is 0 Å². The maximum absolute atomic E-state index is 11.5. The van der Waals surface area contributed by atoms with Crippen LogP contribution < -0.4 is 5.32 Å². The highest BCUT2D eigenvalue weighted by molar-refractivity contribution is 7.73. The molecule has 0 radical (unpaired) electrons. The second-order valence-corrected chi connectivity index (χ2v) is 7.99. The van der Waals surface area contributed by atoms with Gasteiger partial charge in [-0.3, -0.25) is 9.89 Å². The van der Waals surface area contributed by atoms with Gasteiger partial charge in [-0.2, -0.15) is 0 Å². The molecule has 0 atom stereocenters. The first-order chi connectivity index (χ1) is 10.6. The summed E-state index contributed by atoms with van der Waals surface area (Å²) in [5.41, 5.74) is 2.28. The summed E-state index contributed by atoms with van der Waals surface area (Å²) in [6, 6.07) is 0. The SMILES string of the molecule is CC(=O)Nc1sc2c(c1-c1nnc3sc(=S)[nH]n13)CCCC2. The van der Waals surface area contributed by atoms with Crippen molar-refractivity contribution in [2.45, 2.75) is 32.6 Å². The Morgan fingerprint density at radius 2 is 2.14 bits per heavy atom. The Balaban J connectivity index is 1.97. The highest BCUT2D eigenvalue weighted by atomic mass is 32.1. The quantitative estimate of drug-likeness (QED) is 0.694. The van der Waals surface area contributed by atoms with Crippen LogP contribution in [-0.2, 0) is 17.6 Å². The van der Waals surface area contributed by atoms with Crippen LogP contribution in [0.3, 0.4) is 0 Å². The summed E-state index contributed by atoms with van der Waals surface area (Å²) in [6.07, 6.45) is 4.44. The van der Waals surface area contributed by atoms with Crippen molar-refractivity contribution >= 4 is 50.8 Å². The van der Waals surface area contributed by atoms with E-state index in [4.69, 9.17) is 12.2 Å². The van der Waals surface area contributed by atoms with Crippen molar-refractivity contribution in [1.82, 2.24) is 19.8 Å². The predicted molar refractivity (Wildman–Crippen MR) is 90.3 cm³/mol. The normalized spacial score (nSPS) is 14.2. The standard InChI is InChI=1S/C13H13N5OS3/c1-6(19)14-11-9(7-4-2-3-5-8(7)21-11)10-15-16-12-18(10)17-13(20)22-12/h2-5H2,1H3,(H,14,19)(H,17,20). The molecule has 1 aliphatic rings. The van der Waals surface area contributed by atoms with Crippen LogP contribution >= 0.6 is 34.9 Å². The Labute approximate surface area is 139 Å². The lowest BCUT2D eigenvalue weighted by molar-refractivity contribution is -0.114. The largest absolute Gasteiger partial charge is 0.317 e. The third-order valence-electron chi connectivity index (χ3n) is 3.70. The molecule has 0 spiro atoms. The highest BCUT2D eigenvalue weighted by Crippen LogP contribution is 2.43. The first-order valence-corrected chi connectivity index (χ1v) is 9.04. The Kier molecular flexibility index (Phi) is 3.35. The molecule has 114 valence electrons. The number of aryl methyl sites for hydroxylation is 1. The van der Waals surface area contributed by atoms with E-state index in [0.717, 1.165) is 40.6 Å². The number of nitrogens with one attached hydrogen (secondary N) is 2. The fraction of sp³-hybridized carbons (Fsp3) is 0.385. The molecular weight excluding hydrogens is 338 g/mol. The number of fused-ring (bicyclic) bond motifs is 2. The molecular formula is C13H13N5OS3. The van der Waals surface area contributed by atoms with E-state index in [9.17, 15) is 4.79 Å². The minimum atomic E-state index is -0.0705. The highest BCUT2D eigenvalue weighted by Gasteiger charge is 2.26. The van der Waals surface area contributed by atoms with Crippen molar-refractivity contribution in [2.24, 2.45) is 0 Å². The molecule has 0 aromatic carbocycles. The summed E-state index contributed by atoms with van der Waals surface area (Å²) >= 11 is 8.23. The van der Waals surface area contributed by atoms with Crippen LogP contribution in [-0.4, -0.2) is 25.7 Å². The van der Waals surface area contributed by atoms with E-state index < -0.39 is 0 Å². The number of H-pyrrole nitrogens is 1. The summed E-state index contributed by atoms with van der Waals surface area (Å²) < 4.78 is 2.48. The molecule has 9 heteroatoms. The molecule has 0 bridgehead atoms. The van der Waals surface area contributed by atoms with Crippen molar-refractivity contribution in [1.29, 1.82) is 0 Å². The van der Waals surface area contributed by atoms with E-state index in [1.165, 1.54) is 35.1 Å². The van der Waals surface area contributed by atoms with Crippen molar-refractivity contribution in [3.05, 3.63) is 14.4 Å². The van der Waals surface area contributed by atoms with Gasteiger partial charge in [-0.1, -0.05) is 11.3 Å². The number of aromatic amines is 1. The molecule has 0 aliphatic heterocycles. The van der Waals surface area contributed by atoms with Gasteiger partial charge in [-0.05, 0) is 43.5 Å². The van der Waals surface area contributed by atoms with Gasteiger partial charge in [0.15, 0.2) is 9.78 Å². The number of amides is 1.